The van der Waals surface area contributed by atoms with E-state index in [2.05, 4.69) is 18.7 Å². The molecule has 4 nitrogen and oxygen atoms in total. The van der Waals surface area contributed by atoms with Crippen molar-refractivity contribution in [3.05, 3.63) is 29.6 Å². The highest BCUT2D eigenvalue weighted by Crippen LogP contribution is 2.21. The standard InChI is InChI=1S/C14H19FN2O2/c1-3-16-6-7-17(9-10(16)2)14(19)12-8-11(15)4-5-13(12)18/h4-5,8,10,18H,3,6-7,9H2,1-2H3. The number of nitrogens with zero attached hydrogens (tertiary/aromatic N) is 2. The molecule has 1 saturated heterocycles. The van der Waals surface area contributed by atoms with Crippen LogP contribution in [0.5, 0.6) is 5.75 Å². The number of halogens is 1. The molecule has 1 N–H and O–H groups in total. The fourth-order valence-electron chi connectivity index (χ4n) is 2.50. The van der Waals surface area contributed by atoms with Crippen LogP contribution in [-0.2, 0) is 0 Å². The van der Waals surface area contributed by atoms with Crippen molar-refractivity contribution in [1.82, 2.24) is 9.80 Å². The first-order valence-corrected chi connectivity index (χ1v) is 6.54. The Morgan fingerprint density at radius 2 is 2.21 bits per heavy atom. The third kappa shape index (κ3) is 2.87. The molecule has 1 atom stereocenters. The lowest BCUT2D eigenvalue weighted by atomic mass is 10.1. The maximum absolute atomic E-state index is 13.2. The summed E-state index contributed by atoms with van der Waals surface area (Å²) >= 11 is 0. The van der Waals surface area contributed by atoms with Crippen LogP contribution in [-0.4, -0.2) is 53.0 Å². The van der Waals surface area contributed by atoms with Gasteiger partial charge < -0.3 is 10.0 Å². The van der Waals surface area contributed by atoms with Gasteiger partial charge in [-0.3, -0.25) is 9.69 Å². The zero-order valence-electron chi connectivity index (χ0n) is 11.3. The summed E-state index contributed by atoms with van der Waals surface area (Å²) in [6.07, 6.45) is 0. The number of likely N-dealkylation sites (N-methyl/N-ethyl adjacent to an activating group) is 1. The molecule has 1 aliphatic heterocycles. The monoisotopic (exact) mass is 266 g/mol. The molecule has 0 aromatic heterocycles. The number of benzene rings is 1. The number of hydrogen-bond acceptors (Lipinski definition) is 3. The molecule has 0 saturated carbocycles. The van der Waals surface area contributed by atoms with Crippen LogP contribution in [0.1, 0.15) is 24.2 Å². The van der Waals surface area contributed by atoms with Crippen molar-refractivity contribution in [2.45, 2.75) is 19.9 Å². The van der Waals surface area contributed by atoms with Crippen LogP contribution in [0.15, 0.2) is 18.2 Å². The molecule has 5 heteroatoms. The van der Waals surface area contributed by atoms with Gasteiger partial charge in [-0.25, -0.2) is 4.39 Å². The molecule has 1 fully saturated rings. The Morgan fingerprint density at radius 3 is 2.84 bits per heavy atom. The van der Waals surface area contributed by atoms with Crippen molar-refractivity contribution in [1.29, 1.82) is 0 Å². The van der Waals surface area contributed by atoms with Gasteiger partial charge in [0.2, 0.25) is 0 Å². The second kappa shape index (κ2) is 5.57. The first kappa shape index (κ1) is 13.8. The molecule has 1 heterocycles. The molecule has 0 bridgehead atoms. The molecule has 1 aromatic carbocycles. The highest BCUT2D eigenvalue weighted by molar-refractivity contribution is 5.96. The van der Waals surface area contributed by atoms with Crippen molar-refractivity contribution in [2.24, 2.45) is 0 Å². The molecular formula is C14H19FN2O2. The van der Waals surface area contributed by atoms with Crippen molar-refractivity contribution < 1.29 is 14.3 Å². The lowest BCUT2D eigenvalue weighted by Crippen LogP contribution is -2.53. The number of carbonyl (C=O) groups is 1. The summed E-state index contributed by atoms with van der Waals surface area (Å²) < 4.78 is 13.2. The van der Waals surface area contributed by atoms with E-state index in [1.54, 1.807) is 4.90 Å². The van der Waals surface area contributed by atoms with Crippen LogP contribution in [0, 0.1) is 5.82 Å². The van der Waals surface area contributed by atoms with Gasteiger partial charge in [-0.05, 0) is 31.7 Å². The Kier molecular flexibility index (Phi) is 4.04. The fourth-order valence-corrected chi connectivity index (χ4v) is 2.50. The van der Waals surface area contributed by atoms with E-state index in [1.165, 1.54) is 6.07 Å². The summed E-state index contributed by atoms with van der Waals surface area (Å²) in [6, 6.07) is 3.73. The summed E-state index contributed by atoms with van der Waals surface area (Å²) in [5.41, 5.74) is 0.0390. The van der Waals surface area contributed by atoms with E-state index in [1.807, 2.05) is 0 Å². The highest BCUT2D eigenvalue weighted by Gasteiger charge is 2.27. The number of amides is 1. The topological polar surface area (TPSA) is 43.8 Å². The zero-order chi connectivity index (χ0) is 14.0. The number of piperazine rings is 1. The average Bonchev–Trinajstić information content (AvgIpc) is 2.40. The number of aromatic hydroxyl groups is 1. The summed E-state index contributed by atoms with van der Waals surface area (Å²) in [5.74, 6) is -0.988. The van der Waals surface area contributed by atoms with Crippen molar-refractivity contribution >= 4 is 5.91 Å². The van der Waals surface area contributed by atoms with E-state index in [4.69, 9.17) is 0 Å². The number of phenols is 1. The van der Waals surface area contributed by atoms with Gasteiger partial charge in [0, 0.05) is 25.7 Å². The zero-order valence-corrected chi connectivity index (χ0v) is 11.3. The Bertz CT molecular complexity index is 479. The first-order valence-electron chi connectivity index (χ1n) is 6.54. The second-order valence-corrected chi connectivity index (χ2v) is 4.89. The number of rotatable bonds is 2. The second-order valence-electron chi connectivity index (χ2n) is 4.89. The Morgan fingerprint density at radius 1 is 1.47 bits per heavy atom. The van der Waals surface area contributed by atoms with Crippen LogP contribution in [0.2, 0.25) is 0 Å². The molecule has 0 aliphatic carbocycles. The quantitative estimate of drug-likeness (QED) is 0.886. The average molecular weight is 266 g/mol. The normalized spacial score (nSPS) is 20.6. The van der Waals surface area contributed by atoms with Crippen molar-refractivity contribution in [3.8, 4) is 5.75 Å². The van der Waals surface area contributed by atoms with Gasteiger partial charge in [-0.2, -0.15) is 0 Å². The molecule has 1 aliphatic rings. The largest absolute Gasteiger partial charge is 0.507 e. The molecule has 1 unspecified atom stereocenters. The van der Waals surface area contributed by atoms with Gasteiger partial charge in [0.15, 0.2) is 0 Å². The van der Waals surface area contributed by atoms with E-state index in [9.17, 15) is 14.3 Å². The van der Waals surface area contributed by atoms with Gasteiger partial charge in [-0.15, -0.1) is 0 Å². The van der Waals surface area contributed by atoms with E-state index in [0.29, 0.717) is 13.1 Å². The molecule has 0 spiro atoms. The summed E-state index contributed by atoms with van der Waals surface area (Å²) in [7, 11) is 0. The minimum atomic E-state index is -0.513. The lowest BCUT2D eigenvalue weighted by Gasteiger charge is -2.39. The molecule has 1 aromatic rings. The first-order chi connectivity index (χ1) is 9.02. The summed E-state index contributed by atoms with van der Waals surface area (Å²) in [6.45, 7) is 7.12. The van der Waals surface area contributed by atoms with E-state index in [-0.39, 0.29) is 23.3 Å². The Hall–Kier alpha value is -1.62. The van der Waals surface area contributed by atoms with Crippen LogP contribution < -0.4 is 0 Å². The minimum Gasteiger partial charge on any atom is -0.507 e. The number of carbonyl (C=O) groups excluding carboxylic acids is 1. The Balaban J connectivity index is 2.14. The lowest BCUT2D eigenvalue weighted by molar-refractivity contribution is 0.0525. The molecule has 19 heavy (non-hydrogen) atoms. The van der Waals surface area contributed by atoms with Gasteiger partial charge in [0.1, 0.15) is 11.6 Å². The molecular weight excluding hydrogens is 247 g/mol. The van der Waals surface area contributed by atoms with Crippen LogP contribution in [0.25, 0.3) is 0 Å². The Labute approximate surface area is 112 Å². The smallest absolute Gasteiger partial charge is 0.257 e. The number of hydrogen-bond donors (Lipinski definition) is 1. The van der Waals surface area contributed by atoms with Gasteiger partial charge in [-0.1, -0.05) is 6.92 Å². The third-order valence-electron chi connectivity index (χ3n) is 3.65. The van der Waals surface area contributed by atoms with Crippen molar-refractivity contribution in [2.75, 3.05) is 26.2 Å². The van der Waals surface area contributed by atoms with E-state index >= 15 is 0 Å². The maximum Gasteiger partial charge on any atom is 0.257 e. The van der Waals surface area contributed by atoms with Gasteiger partial charge >= 0.3 is 0 Å². The molecule has 1 amide bonds. The minimum absolute atomic E-state index is 0.0390. The van der Waals surface area contributed by atoms with Crippen LogP contribution in [0.3, 0.4) is 0 Å². The SMILES string of the molecule is CCN1CCN(C(=O)c2cc(F)ccc2O)CC1C. The summed E-state index contributed by atoms with van der Waals surface area (Å²) in [4.78, 5) is 16.3. The highest BCUT2D eigenvalue weighted by atomic mass is 19.1. The van der Waals surface area contributed by atoms with E-state index in [0.717, 1.165) is 25.2 Å². The van der Waals surface area contributed by atoms with E-state index < -0.39 is 5.82 Å². The predicted octanol–water partition coefficient (Wildman–Crippen LogP) is 1.70. The summed E-state index contributed by atoms with van der Waals surface area (Å²) in [5, 5.41) is 9.68. The molecule has 0 radical (unpaired) electrons. The van der Waals surface area contributed by atoms with Gasteiger partial charge in [0.05, 0.1) is 5.56 Å². The number of phenolic OH excluding ortho intramolecular Hbond substituents is 1. The van der Waals surface area contributed by atoms with Crippen molar-refractivity contribution in [3.63, 3.8) is 0 Å². The van der Waals surface area contributed by atoms with Crippen LogP contribution in [0.4, 0.5) is 4.39 Å². The van der Waals surface area contributed by atoms with Crippen LogP contribution >= 0.6 is 0 Å². The maximum atomic E-state index is 13.2. The third-order valence-corrected chi connectivity index (χ3v) is 3.65. The molecule has 104 valence electrons. The molecule has 2 rings (SSSR count). The fraction of sp³-hybridized carbons (Fsp3) is 0.500. The predicted molar refractivity (Wildman–Crippen MR) is 70.7 cm³/mol. The van der Waals surface area contributed by atoms with Gasteiger partial charge in [0.25, 0.3) is 5.91 Å².